The van der Waals surface area contributed by atoms with Crippen LogP contribution in [0, 0.1) is 5.92 Å². The van der Waals surface area contributed by atoms with Gasteiger partial charge in [-0.3, -0.25) is 14.8 Å². The van der Waals surface area contributed by atoms with E-state index >= 15 is 0 Å². The molecule has 5 rings (SSSR count). The quantitative estimate of drug-likeness (QED) is 0.329. The Kier molecular flexibility index (Phi) is 8.32. The fourth-order valence-electron chi connectivity index (χ4n) is 5.68. The third-order valence-corrected chi connectivity index (χ3v) is 8.12. The highest BCUT2D eigenvalue weighted by Gasteiger charge is 2.29. The molecule has 1 aromatic heterocycles. The summed E-state index contributed by atoms with van der Waals surface area (Å²) in [6.07, 6.45) is 16.8. The lowest BCUT2D eigenvalue weighted by molar-refractivity contribution is -0.139. The molecule has 1 amide bonds. The number of fused-ring (bicyclic) bond motifs is 2. The molecule has 6 heteroatoms. The van der Waals surface area contributed by atoms with Crippen molar-refractivity contribution in [1.29, 1.82) is 0 Å². The molecule has 1 aromatic carbocycles. The Morgan fingerprint density at radius 1 is 1.00 bits per heavy atom. The minimum Gasteiger partial charge on any atom is -0.480 e. The third-order valence-electron chi connectivity index (χ3n) is 8.12. The number of amides is 1. The van der Waals surface area contributed by atoms with E-state index in [0.717, 1.165) is 68.4 Å². The number of nitrogens with one attached hydrogen (secondary N) is 1. The molecule has 6 nitrogen and oxygen atoms in total. The number of pyridine rings is 1. The van der Waals surface area contributed by atoms with Gasteiger partial charge in [-0.1, -0.05) is 50.7 Å². The van der Waals surface area contributed by atoms with Crippen molar-refractivity contribution in [2.45, 2.75) is 102 Å². The lowest BCUT2D eigenvalue weighted by Gasteiger charge is -2.16. The molecule has 0 radical (unpaired) electrons. The van der Waals surface area contributed by atoms with Gasteiger partial charge < -0.3 is 10.4 Å². The zero-order valence-electron chi connectivity index (χ0n) is 21.8. The van der Waals surface area contributed by atoms with Gasteiger partial charge in [0.2, 0.25) is 0 Å². The van der Waals surface area contributed by atoms with Crippen LogP contribution in [0.2, 0.25) is 0 Å². The van der Waals surface area contributed by atoms with Gasteiger partial charge in [0.1, 0.15) is 6.04 Å². The van der Waals surface area contributed by atoms with E-state index in [1.165, 1.54) is 49.1 Å². The maximum atomic E-state index is 12.9. The number of aliphatic carboxylic acids is 1. The first-order valence-electron chi connectivity index (χ1n) is 14.3. The molecule has 2 heterocycles. The summed E-state index contributed by atoms with van der Waals surface area (Å²) in [5, 5.41) is 12.4. The molecule has 1 saturated carbocycles. The molecular weight excluding hydrogens is 462 g/mol. The van der Waals surface area contributed by atoms with Crippen molar-refractivity contribution in [3.8, 4) is 0 Å². The second kappa shape index (κ2) is 12.0. The monoisotopic (exact) mass is 501 g/mol. The summed E-state index contributed by atoms with van der Waals surface area (Å²) in [7, 11) is 0. The smallest absolute Gasteiger partial charge is 0.326 e. The van der Waals surface area contributed by atoms with Crippen LogP contribution in [0.3, 0.4) is 0 Å². The molecule has 196 valence electrons. The highest BCUT2D eigenvalue weighted by Crippen LogP contribution is 2.41. The number of aliphatic imine (C=N–C) groups is 1. The zero-order valence-corrected chi connectivity index (χ0v) is 21.8. The number of aromatic nitrogens is 1. The predicted molar refractivity (Wildman–Crippen MR) is 145 cm³/mol. The zero-order chi connectivity index (χ0) is 25.6. The van der Waals surface area contributed by atoms with Gasteiger partial charge in [-0.25, -0.2) is 4.79 Å². The van der Waals surface area contributed by atoms with Crippen LogP contribution in [-0.2, 0) is 24.1 Å². The molecule has 2 aromatic rings. The number of carboxylic acids is 1. The van der Waals surface area contributed by atoms with Crippen molar-refractivity contribution in [1.82, 2.24) is 10.3 Å². The van der Waals surface area contributed by atoms with Crippen LogP contribution in [0.15, 0.2) is 35.3 Å². The minimum absolute atomic E-state index is 0.133. The SMILES string of the molecule is O=C(NC(CCCCCCCc1ccc2c(n1)CCCC2)C(=O)O)c1ccc2c(c1)C(CC1CC1)N=C2. The average molecular weight is 502 g/mol. The van der Waals surface area contributed by atoms with Crippen LogP contribution in [0.5, 0.6) is 0 Å². The Balaban J connectivity index is 1.03. The van der Waals surface area contributed by atoms with E-state index in [4.69, 9.17) is 4.98 Å². The van der Waals surface area contributed by atoms with Crippen molar-refractivity contribution >= 4 is 18.1 Å². The van der Waals surface area contributed by atoms with Gasteiger partial charge in [-0.2, -0.15) is 0 Å². The number of carbonyl (C=O) groups is 2. The fraction of sp³-hybridized carbons (Fsp3) is 0.548. The van der Waals surface area contributed by atoms with Gasteiger partial charge in [-0.05, 0) is 92.2 Å². The molecule has 0 saturated heterocycles. The average Bonchev–Trinajstić information content (AvgIpc) is 3.65. The Hall–Kier alpha value is -3.02. The number of hydrogen-bond acceptors (Lipinski definition) is 4. The lowest BCUT2D eigenvalue weighted by Crippen LogP contribution is -2.40. The number of carbonyl (C=O) groups excluding carboxylic acids is 1. The van der Waals surface area contributed by atoms with Crippen LogP contribution in [0.1, 0.15) is 115 Å². The van der Waals surface area contributed by atoms with Gasteiger partial charge >= 0.3 is 5.97 Å². The molecule has 2 N–H and O–H groups in total. The van der Waals surface area contributed by atoms with E-state index in [2.05, 4.69) is 22.4 Å². The van der Waals surface area contributed by atoms with E-state index in [9.17, 15) is 14.7 Å². The molecule has 1 fully saturated rings. The van der Waals surface area contributed by atoms with Gasteiger partial charge in [0.15, 0.2) is 0 Å². The highest BCUT2D eigenvalue weighted by atomic mass is 16.4. The molecule has 2 unspecified atom stereocenters. The summed E-state index contributed by atoms with van der Waals surface area (Å²) in [6, 6.07) is 9.33. The third kappa shape index (κ3) is 6.85. The van der Waals surface area contributed by atoms with Crippen molar-refractivity contribution in [2.75, 3.05) is 0 Å². The Morgan fingerprint density at radius 3 is 2.65 bits per heavy atom. The van der Waals surface area contributed by atoms with Crippen molar-refractivity contribution in [3.63, 3.8) is 0 Å². The van der Waals surface area contributed by atoms with Crippen molar-refractivity contribution < 1.29 is 14.7 Å². The molecule has 37 heavy (non-hydrogen) atoms. The molecule has 2 aliphatic carbocycles. The molecule has 3 aliphatic rings. The maximum Gasteiger partial charge on any atom is 0.326 e. The van der Waals surface area contributed by atoms with Crippen LogP contribution < -0.4 is 5.32 Å². The summed E-state index contributed by atoms with van der Waals surface area (Å²) >= 11 is 0. The number of rotatable bonds is 13. The van der Waals surface area contributed by atoms with E-state index < -0.39 is 12.0 Å². The van der Waals surface area contributed by atoms with Crippen molar-refractivity contribution in [2.24, 2.45) is 10.9 Å². The number of carboxylic acid groups (broad SMARTS) is 1. The number of unbranched alkanes of at least 4 members (excludes halogenated alkanes) is 4. The maximum absolute atomic E-state index is 12.9. The number of hydrogen-bond donors (Lipinski definition) is 2. The largest absolute Gasteiger partial charge is 0.480 e. The minimum atomic E-state index is -0.970. The van der Waals surface area contributed by atoms with E-state index in [0.29, 0.717) is 12.0 Å². The fourth-order valence-corrected chi connectivity index (χ4v) is 5.68. The molecule has 0 bridgehead atoms. The normalized spacial score (nSPS) is 18.8. The van der Waals surface area contributed by atoms with Crippen LogP contribution in [-0.4, -0.2) is 34.2 Å². The summed E-state index contributed by atoms with van der Waals surface area (Å²) in [6.45, 7) is 0. The molecule has 0 spiro atoms. The van der Waals surface area contributed by atoms with Gasteiger partial charge in [0.25, 0.3) is 5.91 Å². The van der Waals surface area contributed by atoms with Crippen LogP contribution in [0.4, 0.5) is 0 Å². The molecule has 2 atom stereocenters. The van der Waals surface area contributed by atoms with E-state index in [1.807, 2.05) is 18.3 Å². The second-order valence-corrected chi connectivity index (χ2v) is 11.1. The molecule has 1 aliphatic heterocycles. The van der Waals surface area contributed by atoms with Crippen LogP contribution >= 0.6 is 0 Å². The topological polar surface area (TPSA) is 91.7 Å². The first-order chi connectivity index (χ1) is 18.1. The van der Waals surface area contributed by atoms with Crippen molar-refractivity contribution in [3.05, 3.63) is 64.0 Å². The predicted octanol–water partition coefficient (Wildman–Crippen LogP) is 6.00. The highest BCUT2D eigenvalue weighted by molar-refractivity contribution is 5.98. The van der Waals surface area contributed by atoms with Crippen LogP contribution in [0.25, 0.3) is 0 Å². The Bertz CT molecular complexity index is 1150. The summed E-state index contributed by atoms with van der Waals surface area (Å²) in [5.41, 5.74) is 6.62. The van der Waals surface area contributed by atoms with E-state index in [-0.39, 0.29) is 11.9 Å². The first kappa shape index (κ1) is 25.6. The Labute approximate surface area is 220 Å². The number of aryl methyl sites for hydroxylation is 3. The van der Waals surface area contributed by atoms with Gasteiger partial charge in [-0.15, -0.1) is 0 Å². The number of nitrogens with zero attached hydrogens (tertiary/aromatic N) is 2. The Morgan fingerprint density at radius 2 is 1.81 bits per heavy atom. The summed E-state index contributed by atoms with van der Waals surface area (Å²) < 4.78 is 0. The van der Waals surface area contributed by atoms with Gasteiger partial charge in [0, 0.05) is 23.2 Å². The standard InChI is InChI=1S/C31H39N3O3/c35-30(23-14-15-24-20-32-29(26(24)19-23)18-21-12-13-21)34-28(31(36)37)11-5-3-1-2-4-9-25-17-16-22-8-6-7-10-27(22)33-25/h14-17,19-21,28-29H,1-13,18H2,(H,34,35)(H,36,37). The summed E-state index contributed by atoms with van der Waals surface area (Å²) in [4.78, 5) is 34.2. The second-order valence-electron chi connectivity index (χ2n) is 11.1. The van der Waals surface area contributed by atoms with E-state index in [1.54, 1.807) is 6.07 Å². The lowest BCUT2D eigenvalue weighted by atomic mass is 9.95. The first-order valence-corrected chi connectivity index (χ1v) is 14.3. The molecular formula is C31H39N3O3. The summed E-state index contributed by atoms with van der Waals surface area (Å²) in [5.74, 6) is -0.532. The van der Waals surface area contributed by atoms with Gasteiger partial charge in [0.05, 0.1) is 6.04 Å². The number of benzene rings is 1.